The van der Waals surface area contributed by atoms with Gasteiger partial charge in [-0.25, -0.2) is 13.2 Å². The van der Waals surface area contributed by atoms with Crippen molar-refractivity contribution >= 4 is 23.3 Å². The van der Waals surface area contributed by atoms with Gasteiger partial charge in [0.2, 0.25) is 5.92 Å². The Kier molecular flexibility index (Phi) is 4.67. The molecule has 1 aliphatic carbocycles. The molecule has 1 aromatic heterocycles. The monoisotopic (exact) mass is 434 g/mol. The van der Waals surface area contributed by atoms with Gasteiger partial charge in [0.05, 0.1) is 5.69 Å². The number of carbonyl (C=O) groups is 1. The maximum atomic E-state index is 14.6. The minimum absolute atomic E-state index is 0.107. The molecule has 0 radical (unpaired) electrons. The van der Waals surface area contributed by atoms with E-state index < -0.39 is 11.8 Å². The van der Waals surface area contributed by atoms with Gasteiger partial charge < -0.3 is 19.5 Å². The zero-order valence-corrected chi connectivity index (χ0v) is 17.4. The lowest BCUT2D eigenvalue weighted by atomic mass is 9.61. The number of aromatic nitrogens is 1. The number of halogens is 3. The fourth-order valence-electron chi connectivity index (χ4n) is 5.06. The fourth-order valence-corrected chi connectivity index (χ4v) is 5.06. The third-order valence-electron chi connectivity index (χ3n) is 6.49. The van der Waals surface area contributed by atoms with Crippen molar-refractivity contribution in [1.29, 1.82) is 0 Å². The van der Waals surface area contributed by atoms with Crippen LogP contribution in [-0.2, 0) is 0 Å². The van der Waals surface area contributed by atoms with E-state index in [-0.39, 0.29) is 35.8 Å². The Hall–Kier alpha value is -2.71. The summed E-state index contributed by atoms with van der Waals surface area (Å²) in [5, 5.41) is 2.67. The van der Waals surface area contributed by atoms with Crippen LogP contribution in [0.25, 0.3) is 0 Å². The summed E-state index contributed by atoms with van der Waals surface area (Å²) >= 11 is 0. The maximum Gasteiger partial charge on any atom is 0.298 e. The van der Waals surface area contributed by atoms with Crippen LogP contribution in [0.3, 0.4) is 0 Å². The van der Waals surface area contributed by atoms with Crippen LogP contribution >= 0.6 is 0 Å². The minimum atomic E-state index is -2.57. The van der Waals surface area contributed by atoms with Crippen LogP contribution in [0.1, 0.15) is 48.4 Å². The summed E-state index contributed by atoms with van der Waals surface area (Å²) in [5.74, 6) is -3.11. The number of amides is 1. The molecular weight excluding hydrogens is 409 g/mol. The Morgan fingerprint density at radius 2 is 1.84 bits per heavy atom. The molecule has 5 rings (SSSR count). The first-order valence-electron chi connectivity index (χ1n) is 10.7. The average molecular weight is 434 g/mol. The van der Waals surface area contributed by atoms with Crippen molar-refractivity contribution in [3.8, 4) is 0 Å². The molecule has 1 aromatic carbocycles. The summed E-state index contributed by atoms with van der Waals surface area (Å²) in [4.78, 5) is 20.7. The molecule has 31 heavy (non-hydrogen) atoms. The van der Waals surface area contributed by atoms with Crippen LogP contribution in [0.15, 0.2) is 22.6 Å². The second kappa shape index (κ2) is 7.17. The fraction of sp³-hybridized carbons (Fsp3) is 0.545. The lowest BCUT2D eigenvalue weighted by Gasteiger charge is -2.58. The van der Waals surface area contributed by atoms with Crippen molar-refractivity contribution in [3.05, 3.63) is 35.5 Å². The van der Waals surface area contributed by atoms with Gasteiger partial charge in [-0.3, -0.25) is 4.79 Å². The zero-order chi connectivity index (χ0) is 21.8. The molecule has 9 heteroatoms. The first-order chi connectivity index (χ1) is 14.7. The number of benzene rings is 1. The summed E-state index contributed by atoms with van der Waals surface area (Å²) < 4.78 is 46.6. The topological polar surface area (TPSA) is 61.6 Å². The molecule has 1 spiro atoms. The van der Waals surface area contributed by atoms with Crippen molar-refractivity contribution in [3.63, 3.8) is 0 Å². The average Bonchev–Trinajstić information content (AvgIpc) is 3.06. The van der Waals surface area contributed by atoms with Gasteiger partial charge in [-0.15, -0.1) is 0 Å². The number of rotatable bonds is 4. The Bertz CT molecular complexity index is 1000. The highest BCUT2D eigenvalue weighted by Crippen LogP contribution is 2.57. The summed E-state index contributed by atoms with van der Waals surface area (Å²) in [6, 6.07) is 4.94. The van der Waals surface area contributed by atoms with Gasteiger partial charge >= 0.3 is 0 Å². The van der Waals surface area contributed by atoms with Crippen molar-refractivity contribution in [1.82, 2.24) is 4.98 Å². The van der Waals surface area contributed by atoms with E-state index in [0.717, 1.165) is 32.4 Å². The number of alkyl halides is 2. The van der Waals surface area contributed by atoms with Crippen LogP contribution < -0.4 is 15.1 Å². The third-order valence-corrected chi connectivity index (χ3v) is 6.49. The molecular formula is C22H25F3N4O2. The lowest BCUT2D eigenvalue weighted by Crippen LogP contribution is -2.66. The first kappa shape index (κ1) is 20.2. The summed E-state index contributed by atoms with van der Waals surface area (Å²) in [6.07, 6.45) is 3.04. The van der Waals surface area contributed by atoms with Gasteiger partial charge in [-0.05, 0) is 44.4 Å². The van der Waals surface area contributed by atoms with Gasteiger partial charge in [0.1, 0.15) is 11.6 Å². The minimum Gasteiger partial charge on any atom is -0.428 e. The van der Waals surface area contributed by atoms with Gasteiger partial charge in [0.25, 0.3) is 11.9 Å². The van der Waals surface area contributed by atoms with E-state index in [2.05, 4.69) is 10.3 Å². The largest absolute Gasteiger partial charge is 0.428 e. The van der Waals surface area contributed by atoms with E-state index in [9.17, 15) is 18.0 Å². The second-order valence-electron chi connectivity index (χ2n) is 9.13. The molecule has 2 saturated heterocycles. The number of aryl methyl sites for hydroxylation is 1. The van der Waals surface area contributed by atoms with Crippen molar-refractivity contribution in [2.75, 3.05) is 41.3 Å². The molecule has 166 valence electrons. The van der Waals surface area contributed by atoms with E-state index in [0.29, 0.717) is 30.2 Å². The molecule has 1 amide bonds. The summed E-state index contributed by atoms with van der Waals surface area (Å²) in [5.41, 5.74) is 0.634. The van der Waals surface area contributed by atoms with Crippen LogP contribution in [0.4, 0.5) is 30.6 Å². The predicted octanol–water partition coefficient (Wildman–Crippen LogP) is 4.60. The summed E-state index contributed by atoms with van der Waals surface area (Å²) in [6.45, 7) is 4.19. The molecule has 3 fully saturated rings. The van der Waals surface area contributed by atoms with E-state index in [4.69, 9.17) is 4.42 Å². The molecule has 2 aromatic rings. The zero-order valence-electron chi connectivity index (χ0n) is 17.4. The number of hydrogen-bond acceptors (Lipinski definition) is 5. The third kappa shape index (κ3) is 3.74. The lowest BCUT2D eigenvalue weighted by molar-refractivity contribution is -0.170. The second-order valence-corrected chi connectivity index (χ2v) is 9.13. The van der Waals surface area contributed by atoms with Crippen LogP contribution in [-0.4, -0.2) is 43.0 Å². The smallest absolute Gasteiger partial charge is 0.298 e. The number of oxazole rings is 1. The molecule has 1 saturated carbocycles. The predicted molar refractivity (Wildman–Crippen MR) is 110 cm³/mol. The SMILES string of the molecule is Cc1oc(N2CC3(C2)CC(F)(F)C3)nc1C(=O)Nc1ccc(N2CCCCC2)c(F)c1. The Balaban J connectivity index is 1.23. The molecule has 0 bridgehead atoms. The van der Waals surface area contributed by atoms with E-state index in [1.807, 2.05) is 4.90 Å². The van der Waals surface area contributed by atoms with Gasteiger partial charge in [0, 0.05) is 50.1 Å². The normalized spacial score (nSPS) is 21.5. The number of nitrogens with zero attached hydrogens (tertiary/aromatic N) is 3. The molecule has 0 atom stereocenters. The molecule has 0 unspecified atom stereocenters. The van der Waals surface area contributed by atoms with E-state index in [1.54, 1.807) is 24.0 Å². The molecule has 2 aliphatic heterocycles. The van der Waals surface area contributed by atoms with E-state index >= 15 is 0 Å². The molecule has 3 heterocycles. The standard InChI is InChI=1S/C22H25F3N4O2/c1-14-18(27-20(31-14)29-12-21(13-29)10-22(24,25)11-21)19(30)26-15-5-6-17(16(23)9-15)28-7-3-2-4-8-28/h5-6,9H,2-4,7-8,10-13H2,1H3,(H,26,30). The molecule has 3 aliphatic rings. The highest BCUT2D eigenvalue weighted by molar-refractivity contribution is 6.03. The van der Waals surface area contributed by atoms with Gasteiger partial charge in [0.15, 0.2) is 5.69 Å². The number of nitrogens with one attached hydrogen (secondary N) is 1. The number of hydrogen-bond donors (Lipinski definition) is 1. The van der Waals surface area contributed by atoms with Crippen LogP contribution in [0.5, 0.6) is 0 Å². The van der Waals surface area contributed by atoms with Gasteiger partial charge in [-0.1, -0.05) is 0 Å². The molecule has 6 nitrogen and oxygen atoms in total. The Morgan fingerprint density at radius 3 is 2.48 bits per heavy atom. The number of piperidine rings is 1. The van der Waals surface area contributed by atoms with Crippen molar-refractivity contribution in [2.24, 2.45) is 5.41 Å². The van der Waals surface area contributed by atoms with E-state index in [1.165, 1.54) is 6.07 Å². The molecule has 1 N–H and O–H groups in total. The highest BCUT2D eigenvalue weighted by atomic mass is 19.3. The number of anilines is 3. The highest BCUT2D eigenvalue weighted by Gasteiger charge is 2.62. The maximum absolute atomic E-state index is 14.6. The Labute approximate surface area is 178 Å². The first-order valence-corrected chi connectivity index (χ1v) is 10.7. The Morgan fingerprint density at radius 1 is 1.13 bits per heavy atom. The summed E-state index contributed by atoms with van der Waals surface area (Å²) in [7, 11) is 0. The van der Waals surface area contributed by atoms with Crippen LogP contribution in [0, 0.1) is 18.2 Å². The van der Waals surface area contributed by atoms with Crippen LogP contribution in [0.2, 0.25) is 0 Å². The van der Waals surface area contributed by atoms with Crippen molar-refractivity contribution in [2.45, 2.75) is 45.0 Å². The number of carbonyl (C=O) groups excluding carboxylic acids is 1. The van der Waals surface area contributed by atoms with Crippen molar-refractivity contribution < 1.29 is 22.4 Å². The quantitative estimate of drug-likeness (QED) is 0.762. The van der Waals surface area contributed by atoms with Gasteiger partial charge in [-0.2, -0.15) is 4.98 Å².